The first kappa shape index (κ1) is 11.2. The van der Waals surface area contributed by atoms with Gasteiger partial charge in [-0.25, -0.2) is 4.79 Å². The number of carbonyl (C=O) groups excluding carboxylic acids is 2. The molecule has 1 heterocycles. The van der Waals surface area contributed by atoms with Crippen molar-refractivity contribution < 1.29 is 19.8 Å². The highest BCUT2D eigenvalue weighted by Gasteiger charge is 2.73. The number of carbonyl (C=O) groups is 2. The largest absolute Gasteiger partial charge is 0.362 e. The van der Waals surface area contributed by atoms with Crippen molar-refractivity contribution in [3.05, 3.63) is 35.4 Å². The lowest BCUT2D eigenvalue weighted by Crippen LogP contribution is -2.58. The highest BCUT2D eigenvalue weighted by Crippen LogP contribution is 2.51. The monoisotopic (exact) mass is 248 g/mol. The molecule has 6 nitrogen and oxygen atoms in total. The molecule has 3 rings (SSSR count). The number of fused-ring (bicyclic) bond motifs is 3. The lowest BCUT2D eigenvalue weighted by Gasteiger charge is -2.34. The van der Waals surface area contributed by atoms with E-state index in [-0.39, 0.29) is 11.1 Å². The van der Waals surface area contributed by atoms with Gasteiger partial charge in [0, 0.05) is 25.2 Å². The van der Waals surface area contributed by atoms with E-state index in [1.165, 1.54) is 26.2 Å². The van der Waals surface area contributed by atoms with Crippen molar-refractivity contribution in [1.82, 2.24) is 9.80 Å². The smallest absolute Gasteiger partial charge is 0.324 e. The van der Waals surface area contributed by atoms with E-state index in [9.17, 15) is 19.8 Å². The van der Waals surface area contributed by atoms with Crippen LogP contribution in [0, 0.1) is 0 Å². The van der Waals surface area contributed by atoms with Gasteiger partial charge in [0.2, 0.25) is 11.5 Å². The van der Waals surface area contributed by atoms with Crippen LogP contribution in [0.3, 0.4) is 0 Å². The van der Waals surface area contributed by atoms with Crippen LogP contribution in [0.1, 0.15) is 15.9 Å². The van der Waals surface area contributed by atoms with Gasteiger partial charge < -0.3 is 10.2 Å². The molecule has 2 N–H and O–H groups in total. The Hall–Kier alpha value is -1.92. The Morgan fingerprint density at radius 1 is 1.00 bits per heavy atom. The molecule has 0 saturated carbocycles. The van der Waals surface area contributed by atoms with Gasteiger partial charge in [-0.15, -0.1) is 0 Å². The van der Waals surface area contributed by atoms with Gasteiger partial charge in [0.15, 0.2) is 0 Å². The zero-order chi connectivity index (χ0) is 13.3. The van der Waals surface area contributed by atoms with Crippen molar-refractivity contribution in [3.63, 3.8) is 0 Å². The van der Waals surface area contributed by atoms with Gasteiger partial charge >= 0.3 is 6.03 Å². The number of nitrogens with zero attached hydrogens (tertiary/aromatic N) is 2. The van der Waals surface area contributed by atoms with Gasteiger partial charge in [-0.3, -0.25) is 14.6 Å². The number of amides is 2. The van der Waals surface area contributed by atoms with Gasteiger partial charge in [-0.2, -0.15) is 0 Å². The summed E-state index contributed by atoms with van der Waals surface area (Å²) in [6.45, 7) is 0. The second-order valence-corrected chi connectivity index (χ2v) is 4.62. The molecule has 0 bridgehead atoms. The molecule has 0 aromatic heterocycles. The Morgan fingerprint density at radius 3 is 2.22 bits per heavy atom. The van der Waals surface area contributed by atoms with Crippen molar-refractivity contribution in [2.45, 2.75) is 11.4 Å². The summed E-state index contributed by atoms with van der Waals surface area (Å²) in [6.07, 6.45) is 0. The fraction of sp³-hybridized carbons (Fsp3) is 0.333. The Morgan fingerprint density at radius 2 is 1.56 bits per heavy atom. The number of likely N-dealkylation sites (N-methyl/N-ethyl adjacent to an activating group) is 2. The van der Waals surface area contributed by atoms with Crippen LogP contribution < -0.4 is 0 Å². The molecular formula is C12H12N2O4. The number of benzene rings is 1. The van der Waals surface area contributed by atoms with Crippen molar-refractivity contribution in [2.75, 3.05) is 14.1 Å². The van der Waals surface area contributed by atoms with Crippen molar-refractivity contribution in [2.24, 2.45) is 0 Å². The molecule has 2 atom stereocenters. The third-order valence-electron chi connectivity index (χ3n) is 3.89. The van der Waals surface area contributed by atoms with Crippen LogP contribution in [0.5, 0.6) is 0 Å². The van der Waals surface area contributed by atoms with Crippen LogP contribution in [0.4, 0.5) is 4.79 Å². The van der Waals surface area contributed by atoms with Crippen molar-refractivity contribution >= 4 is 11.8 Å². The molecule has 1 aliphatic carbocycles. The summed E-state index contributed by atoms with van der Waals surface area (Å²) in [5.74, 6) is -0.666. The SMILES string of the molecule is CN1C(=O)N(C)[C@]2(O)c3ccccc3C(=O)[C@@]12O. The molecule has 18 heavy (non-hydrogen) atoms. The van der Waals surface area contributed by atoms with E-state index in [0.717, 1.165) is 9.80 Å². The maximum atomic E-state index is 12.3. The Labute approximate surface area is 103 Å². The third-order valence-corrected chi connectivity index (χ3v) is 3.89. The molecule has 0 radical (unpaired) electrons. The van der Waals surface area contributed by atoms with Gasteiger partial charge in [0.05, 0.1) is 0 Å². The first-order valence-corrected chi connectivity index (χ1v) is 5.47. The van der Waals surface area contributed by atoms with Crippen LogP contribution in [0.25, 0.3) is 0 Å². The summed E-state index contributed by atoms with van der Waals surface area (Å²) in [7, 11) is 2.65. The number of hydrogen-bond donors (Lipinski definition) is 2. The van der Waals surface area contributed by atoms with Crippen LogP contribution in [-0.4, -0.2) is 51.6 Å². The molecule has 0 spiro atoms. The fourth-order valence-corrected chi connectivity index (χ4v) is 2.82. The first-order valence-electron chi connectivity index (χ1n) is 5.47. The first-order chi connectivity index (χ1) is 8.36. The third kappa shape index (κ3) is 0.824. The minimum Gasteiger partial charge on any atom is -0.362 e. The zero-order valence-electron chi connectivity index (χ0n) is 9.91. The number of urea groups is 1. The molecule has 1 aromatic rings. The summed E-state index contributed by atoms with van der Waals surface area (Å²) < 4.78 is 0. The number of rotatable bonds is 0. The van der Waals surface area contributed by atoms with Crippen LogP contribution >= 0.6 is 0 Å². The molecular weight excluding hydrogens is 236 g/mol. The fourth-order valence-electron chi connectivity index (χ4n) is 2.82. The number of hydrogen-bond acceptors (Lipinski definition) is 4. The lowest BCUT2D eigenvalue weighted by atomic mass is 9.99. The molecule has 2 amide bonds. The summed E-state index contributed by atoms with van der Waals surface area (Å²) in [5.41, 5.74) is -3.82. The van der Waals surface area contributed by atoms with Crippen LogP contribution in [0.15, 0.2) is 24.3 Å². The normalized spacial score (nSPS) is 34.0. The average molecular weight is 248 g/mol. The van der Waals surface area contributed by atoms with E-state index in [0.29, 0.717) is 0 Å². The highest BCUT2D eigenvalue weighted by molar-refractivity contribution is 6.11. The Kier molecular flexibility index (Phi) is 1.81. The number of Topliss-reactive ketones (excluding diaryl/α,β-unsaturated/α-hetero) is 1. The molecule has 2 aliphatic rings. The van der Waals surface area contributed by atoms with Gasteiger partial charge in [-0.1, -0.05) is 24.3 Å². The standard InChI is InChI=1S/C12H12N2O4/c1-13-10(16)14(2)12(18)9(15)7-5-3-4-6-8(7)11(12,13)17/h3-6,17-18H,1-2H3/t11-,12-/m0/s1. The summed E-state index contributed by atoms with van der Waals surface area (Å²) in [5, 5.41) is 21.3. The van der Waals surface area contributed by atoms with Gasteiger partial charge in [-0.05, 0) is 0 Å². The van der Waals surface area contributed by atoms with Gasteiger partial charge in [0.1, 0.15) is 0 Å². The summed E-state index contributed by atoms with van der Waals surface area (Å²) in [6, 6.07) is 5.74. The maximum Gasteiger partial charge on any atom is 0.324 e. The van der Waals surface area contributed by atoms with E-state index in [2.05, 4.69) is 0 Å². The van der Waals surface area contributed by atoms with E-state index in [4.69, 9.17) is 0 Å². The second-order valence-electron chi connectivity index (χ2n) is 4.62. The number of aliphatic hydroxyl groups is 2. The summed E-state index contributed by atoms with van der Waals surface area (Å²) >= 11 is 0. The van der Waals surface area contributed by atoms with E-state index in [1.807, 2.05) is 0 Å². The van der Waals surface area contributed by atoms with Crippen molar-refractivity contribution in [1.29, 1.82) is 0 Å². The predicted molar refractivity (Wildman–Crippen MR) is 60.5 cm³/mol. The number of ketones is 1. The topological polar surface area (TPSA) is 81.1 Å². The Balaban J connectivity index is 2.38. The Bertz CT molecular complexity index is 587. The van der Waals surface area contributed by atoms with Crippen molar-refractivity contribution in [3.8, 4) is 0 Å². The summed E-state index contributed by atoms with van der Waals surface area (Å²) in [4.78, 5) is 26.0. The van der Waals surface area contributed by atoms with E-state index in [1.54, 1.807) is 12.1 Å². The molecule has 6 heteroatoms. The minimum absolute atomic E-state index is 0.230. The minimum atomic E-state index is -2.26. The average Bonchev–Trinajstić information content (AvgIpc) is 2.65. The quantitative estimate of drug-likeness (QED) is 0.661. The van der Waals surface area contributed by atoms with E-state index < -0.39 is 23.3 Å². The van der Waals surface area contributed by atoms with Gasteiger partial charge in [0.25, 0.3) is 5.72 Å². The zero-order valence-corrected chi connectivity index (χ0v) is 9.91. The molecule has 1 fully saturated rings. The molecule has 1 aromatic carbocycles. The van der Waals surface area contributed by atoms with Crippen LogP contribution in [-0.2, 0) is 5.72 Å². The lowest BCUT2D eigenvalue weighted by molar-refractivity contribution is -0.192. The molecule has 94 valence electrons. The highest BCUT2D eigenvalue weighted by atomic mass is 16.4. The van der Waals surface area contributed by atoms with Crippen LogP contribution in [0.2, 0.25) is 0 Å². The second kappa shape index (κ2) is 2.90. The van der Waals surface area contributed by atoms with E-state index >= 15 is 0 Å². The predicted octanol–water partition coefficient (Wildman–Crippen LogP) is -0.286. The molecule has 1 saturated heterocycles. The molecule has 1 aliphatic heterocycles. The maximum absolute atomic E-state index is 12.3. The molecule has 0 unspecified atom stereocenters.